The maximum atomic E-state index is 13.8. The number of nitrogens with one attached hydrogen (secondary N) is 1. The van der Waals surface area contributed by atoms with Crippen molar-refractivity contribution in [2.75, 3.05) is 0 Å². The van der Waals surface area contributed by atoms with Crippen molar-refractivity contribution in [3.05, 3.63) is 70.2 Å². The van der Waals surface area contributed by atoms with E-state index < -0.39 is 26.6 Å². The Morgan fingerprint density at radius 1 is 1.12 bits per heavy atom. The van der Waals surface area contributed by atoms with Crippen LogP contribution in [0.4, 0.5) is 8.78 Å². The van der Waals surface area contributed by atoms with E-state index >= 15 is 0 Å². The fraction of sp³-hybridized carbons (Fsp3) is 0.167. The third-order valence-electron chi connectivity index (χ3n) is 3.87. The molecular formula is C18H16F2N2O2S2. The van der Waals surface area contributed by atoms with Crippen molar-refractivity contribution in [1.82, 2.24) is 9.71 Å². The topological polar surface area (TPSA) is 59.1 Å². The van der Waals surface area contributed by atoms with Crippen molar-refractivity contribution >= 4 is 21.4 Å². The molecule has 0 fully saturated rings. The average molecular weight is 394 g/mol. The number of benzene rings is 2. The molecule has 0 spiro atoms. The van der Waals surface area contributed by atoms with Gasteiger partial charge in [-0.05, 0) is 31.5 Å². The van der Waals surface area contributed by atoms with Crippen LogP contribution in [0, 0.1) is 25.5 Å². The summed E-state index contributed by atoms with van der Waals surface area (Å²) in [4.78, 5) is 4.65. The Morgan fingerprint density at radius 3 is 2.54 bits per heavy atom. The van der Waals surface area contributed by atoms with E-state index in [2.05, 4.69) is 9.71 Å². The van der Waals surface area contributed by atoms with Gasteiger partial charge in [0.05, 0.1) is 5.69 Å². The summed E-state index contributed by atoms with van der Waals surface area (Å²) in [5.74, 6) is -1.96. The van der Waals surface area contributed by atoms with Crippen molar-refractivity contribution in [3.8, 4) is 10.6 Å². The number of aromatic nitrogens is 1. The van der Waals surface area contributed by atoms with Gasteiger partial charge in [0.2, 0.25) is 10.0 Å². The van der Waals surface area contributed by atoms with Gasteiger partial charge in [0, 0.05) is 23.1 Å². The molecule has 1 aromatic heterocycles. The molecule has 0 saturated heterocycles. The van der Waals surface area contributed by atoms with Gasteiger partial charge in [0.1, 0.15) is 21.5 Å². The van der Waals surface area contributed by atoms with E-state index in [0.29, 0.717) is 11.8 Å². The minimum atomic E-state index is -4.10. The fourth-order valence-electron chi connectivity index (χ4n) is 2.45. The molecular weight excluding hydrogens is 378 g/mol. The molecule has 0 unspecified atom stereocenters. The number of halogens is 2. The summed E-state index contributed by atoms with van der Waals surface area (Å²) in [7, 11) is -4.10. The van der Waals surface area contributed by atoms with Crippen LogP contribution in [-0.4, -0.2) is 13.4 Å². The third-order valence-corrected chi connectivity index (χ3v) is 6.50. The second-order valence-corrected chi connectivity index (χ2v) is 8.56. The molecule has 136 valence electrons. The fourth-order valence-corrected chi connectivity index (χ4v) is 4.69. The highest BCUT2D eigenvalue weighted by atomic mass is 32.2. The van der Waals surface area contributed by atoms with E-state index in [0.717, 1.165) is 33.1 Å². The number of hydrogen-bond acceptors (Lipinski definition) is 4. The predicted molar refractivity (Wildman–Crippen MR) is 97.4 cm³/mol. The van der Waals surface area contributed by atoms with Crippen molar-refractivity contribution in [1.29, 1.82) is 0 Å². The van der Waals surface area contributed by atoms with E-state index in [9.17, 15) is 17.2 Å². The molecule has 0 aliphatic carbocycles. The Labute approximate surface area is 154 Å². The summed E-state index contributed by atoms with van der Waals surface area (Å²) in [6.45, 7) is 3.75. The molecule has 0 amide bonds. The first-order valence-electron chi connectivity index (χ1n) is 7.75. The molecule has 0 aliphatic rings. The SMILES string of the molecule is Cc1ccccc1-c1nc(C)c(CNS(=O)(=O)c2ccc(F)cc2F)s1. The first-order chi connectivity index (χ1) is 12.3. The first-order valence-corrected chi connectivity index (χ1v) is 10.0. The van der Waals surface area contributed by atoms with Crippen molar-refractivity contribution in [2.24, 2.45) is 0 Å². The van der Waals surface area contributed by atoms with Crippen LogP contribution in [0.2, 0.25) is 0 Å². The van der Waals surface area contributed by atoms with Crippen LogP contribution >= 0.6 is 11.3 Å². The highest BCUT2D eigenvalue weighted by Gasteiger charge is 2.20. The zero-order valence-corrected chi connectivity index (χ0v) is 15.7. The van der Waals surface area contributed by atoms with Gasteiger partial charge in [-0.15, -0.1) is 11.3 Å². The number of sulfonamides is 1. The minimum absolute atomic E-state index is 0.0193. The highest BCUT2D eigenvalue weighted by molar-refractivity contribution is 7.89. The lowest BCUT2D eigenvalue weighted by molar-refractivity contribution is 0.543. The summed E-state index contributed by atoms with van der Waals surface area (Å²) < 4.78 is 53.7. The normalized spacial score (nSPS) is 11.7. The zero-order chi connectivity index (χ0) is 18.9. The van der Waals surface area contributed by atoms with E-state index in [1.165, 1.54) is 11.3 Å². The van der Waals surface area contributed by atoms with E-state index in [-0.39, 0.29) is 6.54 Å². The molecule has 0 bridgehead atoms. The lowest BCUT2D eigenvalue weighted by atomic mass is 10.1. The average Bonchev–Trinajstić information content (AvgIpc) is 2.94. The largest absolute Gasteiger partial charge is 0.243 e. The molecule has 0 saturated carbocycles. The van der Waals surface area contributed by atoms with Gasteiger partial charge >= 0.3 is 0 Å². The monoisotopic (exact) mass is 394 g/mol. The van der Waals surface area contributed by atoms with Crippen molar-refractivity contribution in [2.45, 2.75) is 25.3 Å². The minimum Gasteiger partial charge on any atom is -0.241 e. The Kier molecular flexibility index (Phi) is 5.17. The lowest BCUT2D eigenvalue weighted by Gasteiger charge is -2.07. The van der Waals surface area contributed by atoms with Crippen LogP contribution in [-0.2, 0) is 16.6 Å². The molecule has 0 radical (unpaired) electrons. The Morgan fingerprint density at radius 2 is 1.85 bits per heavy atom. The standard InChI is InChI=1S/C18H16F2N2O2S2/c1-11-5-3-4-6-14(11)18-22-12(2)16(25-18)10-21-26(23,24)17-8-7-13(19)9-15(17)20/h3-9,21H,10H2,1-2H3. The summed E-state index contributed by atoms with van der Waals surface area (Å²) in [5, 5.41) is 0.794. The van der Waals surface area contributed by atoms with Crippen molar-refractivity contribution < 1.29 is 17.2 Å². The van der Waals surface area contributed by atoms with Crippen LogP contribution in [0.1, 0.15) is 16.1 Å². The number of rotatable bonds is 5. The van der Waals surface area contributed by atoms with Gasteiger partial charge in [0.15, 0.2) is 0 Å². The number of hydrogen-bond donors (Lipinski definition) is 1. The molecule has 4 nitrogen and oxygen atoms in total. The van der Waals surface area contributed by atoms with Crippen LogP contribution in [0.25, 0.3) is 10.6 Å². The second kappa shape index (κ2) is 7.22. The van der Waals surface area contributed by atoms with Crippen LogP contribution < -0.4 is 4.72 Å². The van der Waals surface area contributed by atoms with Gasteiger partial charge in [0.25, 0.3) is 0 Å². The first kappa shape index (κ1) is 18.6. The zero-order valence-electron chi connectivity index (χ0n) is 14.1. The van der Waals surface area contributed by atoms with Crippen LogP contribution in [0.15, 0.2) is 47.4 Å². The van der Waals surface area contributed by atoms with Crippen LogP contribution in [0.3, 0.4) is 0 Å². The molecule has 8 heteroatoms. The molecule has 0 aliphatic heterocycles. The van der Waals surface area contributed by atoms with Gasteiger partial charge in [-0.3, -0.25) is 0 Å². The Bertz CT molecular complexity index is 1060. The maximum absolute atomic E-state index is 13.8. The lowest BCUT2D eigenvalue weighted by Crippen LogP contribution is -2.24. The van der Waals surface area contributed by atoms with Crippen LogP contribution in [0.5, 0.6) is 0 Å². The van der Waals surface area contributed by atoms with E-state index in [1.807, 2.05) is 31.2 Å². The molecule has 26 heavy (non-hydrogen) atoms. The van der Waals surface area contributed by atoms with E-state index in [4.69, 9.17) is 0 Å². The number of thiazole rings is 1. The highest BCUT2D eigenvalue weighted by Crippen LogP contribution is 2.30. The molecule has 2 aromatic carbocycles. The number of nitrogens with zero attached hydrogens (tertiary/aromatic N) is 1. The molecule has 0 atom stereocenters. The molecule has 3 aromatic rings. The van der Waals surface area contributed by atoms with Crippen molar-refractivity contribution in [3.63, 3.8) is 0 Å². The van der Waals surface area contributed by atoms with E-state index in [1.54, 1.807) is 6.92 Å². The predicted octanol–water partition coefficient (Wildman–Crippen LogP) is 4.18. The number of aryl methyl sites for hydroxylation is 2. The Balaban J connectivity index is 1.83. The quantitative estimate of drug-likeness (QED) is 0.706. The Hall–Kier alpha value is -2.16. The van der Waals surface area contributed by atoms with Gasteiger partial charge in [-0.2, -0.15) is 0 Å². The summed E-state index contributed by atoms with van der Waals surface area (Å²) in [5.41, 5.74) is 2.76. The molecule has 3 rings (SSSR count). The van der Waals surface area contributed by atoms with Gasteiger partial charge < -0.3 is 0 Å². The van der Waals surface area contributed by atoms with Gasteiger partial charge in [-0.25, -0.2) is 26.9 Å². The summed E-state index contributed by atoms with van der Waals surface area (Å²) >= 11 is 1.38. The third kappa shape index (κ3) is 3.82. The smallest absolute Gasteiger partial charge is 0.241 e. The second-order valence-electron chi connectivity index (χ2n) is 5.74. The summed E-state index contributed by atoms with van der Waals surface area (Å²) in [6, 6.07) is 10.1. The maximum Gasteiger partial charge on any atom is 0.243 e. The molecule has 1 heterocycles. The summed E-state index contributed by atoms with van der Waals surface area (Å²) in [6.07, 6.45) is 0. The molecule has 1 N–H and O–H groups in total. The van der Waals surface area contributed by atoms with Gasteiger partial charge in [-0.1, -0.05) is 24.3 Å².